The van der Waals surface area contributed by atoms with E-state index in [4.69, 9.17) is 4.74 Å². The maximum atomic E-state index is 12.1. The van der Waals surface area contributed by atoms with Gasteiger partial charge in [0.2, 0.25) is 0 Å². The number of piperidine rings is 1. The van der Waals surface area contributed by atoms with Crippen LogP contribution in [0.3, 0.4) is 0 Å². The fraction of sp³-hybridized carbons (Fsp3) is 0.846. The normalized spacial score (nSPS) is 34.8. The first-order valence-electron chi connectivity index (χ1n) is 6.45. The molecule has 1 heterocycles. The van der Waals surface area contributed by atoms with Crippen LogP contribution in [0.25, 0.3) is 0 Å². The third-order valence-corrected chi connectivity index (χ3v) is 3.87. The van der Waals surface area contributed by atoms with Crippen molar-refractivity contribution in [3.8, 4) is 0 Å². The van der Waals surface area contributed by atoms with E-state index < -0.39 is 23.7 Å². The van der Waals surface area contributed by atoms with Crippen molar-refractivity contribution in [3.63, 3.8) is 0 Å². The zero-order valence-corrected chi connectivity index (χ0v) is 11.3. The van der Waals surface area contributed by atoms with Crippen LogP contribution >= 0.6 is 0 Å². The second kappa shape index (κ2) is 4.14. The van der Waals surface area contributed by atoms with Crippen LogP contribution in [0.1, 0.15) is 40.5 Å². The van der Waals surface area contributed by atoms with Gasteiger partial charge in [-0.2, -0.15) is 0 Å². The number of nitrogens with zero attached hydrogens (tertiary/aromatic N) is 1. The molecule has 0 aromatic carbocycles. The van der Waals surface area contributed by atoms with E-state index in [2.05, 4.69) is 6.92 Å². The number of rotatable bonds is 1. The molecule has 1 saturated carbocycles. The highest BCUT2D eigenvalue weighted by atomic mass is 16.6. The second-order valence-electron chi connectivity index (χ2n) is 6.44. The van der Waals surface area contributed by atoms with Crippen molar-refractivity contribution in [3.05, 3.63) is 0 Å². The molecular weight excluding hydrogens is 234 g/mol. The second-order valence-corrected chi connectivity index (χ2v) is 6.44. The van der Waals surface area contributed by atoms with Crippen LogP contribution in [0.4, 0.5) is 4.79 Å². The van der Waals surface area contributed by atoms with E-state index in [1.54, 1.807) is 20.8 Å². The van der Waals surface area contributed by atoms with Crippen LogP contribution < -0.4 is 0 Å². The fourth-order valence-corrected chi connectivity index (χ4v) is 3.23. The molecule has 4 atom stereocenters. The summed E-state index contributed by atoms with van der Waals surface area (Å²) in [6.07, 6.45) is 1.18. The molecule has 2 rings (SSSR count). The van der Waals surface area contributed by atoms with Crippen molar-refractivity contribution < 1.29 is 19.4 Å². The molecule has 2 fully saturated rings. The van der Waals surface area contributed by atoms with Gasteiger partial charge in [-0.1, -0.05) is 6.92 Å². The van der Waals surface area contributed by atoms with Gasteiger partial charge in [-0.05, 0) is 45.4 Å². The molecule has 0 aromatic rings. The zero-order valence-electron chi connectivity index (χ0n) is 11.3. The lowest BCUT2D eigenvalue weighted by Crippen LogP contribution is -2.52. The van der Waals surface area contributed by atoms with E-state index in [-0.39, 0.29) is 12.0 Å². The number of carbonyl (C=O) groups excluding carboxylic acids is 1. The summed E-state index contributed by atoms with van der Waals surface area (Å²) in [5.74, 6) is -0.477. The largest absolute Gasteiger partial charge is 0.480 e. The molecule has 18 heavy (non-hydrogen) atoms. The zero-order chi connectivity index (χ0) is 13.7. The van der Waals surface area contributed by atoms with Crippen LogP contribution in [0, 0.1) is 11.8 Å². The highest BCUT2D eigenvalue weighted by Gasteiger charge is 2.55. The number of aliphatic carboxylic acids is 1. The van der Waals surface area contributed by atoms with E-state index >= 15 is 0 Å². The molecule has 2 aliphatic rings. The molecule has 1 aliphatic carbocycles. The number of carbonyl (C=O) groups is 2. The average Bonchev–Trinajstić information content (AvgIpc) is 2.69. The molecule has 1 saturated heterocycles. The fourth-order valence-electron chi connectivity index (χ4n) is 3.23. The Labute approximate surface area is 107 Å². The number of likely N-dealkylation sites (tertiary alicyclic amines) is 1. The molecule has 1 aliphatic heterocycles. The average molecular weight is 255 g/mol. The van der Waals surface area contributed by atoms with Gasteiger partial charge in [-0.15, -0.1) is 0 Å². The number of amides is 1. The lowest BCUT2D eigenvalue weighted by atomic mass is 9.89. The summed E-state index contributed by atoms with van der Waals surface area (Å²) >= 11 is 0. The quantitative estimate of drug-likeness (QED) is 0.779. The standard InChI is InChI=1S/C13H21NO4/c1-7-5-8-6-9(7)10(11(15)16)14(8)12(17)18-13(2,3)4/h7-10H,5-6H2,1-4H3,(H,15,16)/t7?,8-,9-,10?/m1/s1. The van der Waals surface area contributed by atoms with Gasteiger partial charge in [-0.3, -0.25) is 4.90 Å². The van der Waals surface area contributed by atoms with E-state index in [0.29, 0.717) is 5.92 Å². The van der Waals surface area contributed by atoms with Crippen molar-refractivity contribution in [2.24, 2.45) is 11.8 Å². The monoisotopic (exact) mass is 255 g/mol. The maximum Gasteiger partial charge on any atom is 0.411 e. The summed E-state index contributed by atoms with van der Waals surface area (Å²) < 4.78 is 5.31. The first kappa shape index (κ1) is 13.2. The van der Waals surface area contributed by atoms with Crippen LogP contribution in [0.5, 0.6) is 0 Å². The third-order valence-electron chi connectivity index (χ3n) is 3.87. The highest BCUT2D eigenvalue weighted by Crippen LogP contribution is 2.46. The maximum absolute atomic E-state index is 12.1. The molecule has 2 unspecified atom stereocenters. The lowest BCUT2D eigenvalue weighted by Gasteiger charge is -2.36. The SMILES string of the molecule is CC1C[C@@H]2C[C@H]1C(C(=O)O)N2C(=O)OC(C)(C)C. The van der Waals surface area contributed by atoms with Crippen LogP contribution in [0.15, 0.2) is 0 Å². The highest BCUT2D eigenvalue weighted by molar-refractivity contribution is 5.82. The Bertz CT molecular complexity index is 374. The minimum atomic E-state index is -0.917. The Hall–Kier alpha value is -1.26. The summed E-state index contributed by atoms with van der Waals surface area (Å²) in [7, 11) is 0. The molecule has 0 radical (unpaired) electrons. The van der Waals surface area contributed by atoms with Crippen molar-refractivity contribution in [2.75, 3.05) is 0 Å². The topological polar surface area (TPSA) is 66.8 Å². The smallest absolute Gasteiger partial charge is 0.411 e. The van der Waals surface area contributed by atoms with Gasteiger partial charge in [-0.25, -0.2) is 9.59 Å². The molecule has 0 spiro atoms. The van der Waals surface area contributed by atoms with E-state index in [1.165, 1.54) is 4.90 Å². The van der Waals surface area contributed by atoms with Crippen molar-refractivity contribution in [2.45, 2.75) is 58.2 Å². The van der Waals surface area contributed by atoms with Gasteiger partial charge < -0.3 is 9.84 Å². The van der Waals surface area contributed by atoms with Gasteiger partial charge in [0.05, 0.1) is 0 Å². The molecule has 0 aromatic heterocycles. The molecular formula is C13H21NO4. The predicted octanol–water partition coefficient (Wildman–Crippen LogP) is 2.10. The van der Waals surface area contributed by atoms with E-state index in [1.807, 2.05) is 0 Å². The van der Waals surface area contributed by atoms with Crippen LogP contribution in [0.2, 0.25) is 0 Å². The Morgan fingerprint density at radius 3 is 2.39 bits per heavy atom. The van der Waals surface area contributed by atoms with Gasteiger partial charge in [0.15, 0.2) is 0 Å². The van der Waals surface area contributed by atoms with Gasteiger partial charge in [0, 0.05) is 6.04 Å². The van der Waals surface area contributed by atoms with Gasteiger partial charge >= 0.3 is 12.1 Å². The Balaban J connectivity index is 2.17. The van der Waals surface area contributed by atoms with Gasteiger partial charge in [0.1, 0.15) is 11.6 Å². The number of carboxylic acid groups (broad SMARTS) is 1. The summed E-state index contributed by atoms with van der Waals surface area (Å²) in [6, 6.07) is -0.686. The number of fused-ring (bicyclic) bond motifs is 2. The number of hydrogen-bond donors (Lipinski definition) is 1. The summed E-state index contributed by atoms with van der Waals surface area (Å²) in [5, 5.41) is 9.32. The minimum Gasteiger partial charge on any atom is -0.480 e. The van der Waals surface area contributed by atoms with Crippen molar-refractivity contribution in [1.29, 1.82) is 0 Å². The van der Waals surface area contributed by atoms with E-state index in [9.17, 15) is 14.7 Å². The van der Waals surface area contributed by atoms with E-state index in [0.717, 1.165) is 12.8 Å². The number of carboxylic acids is 1. The predicted molar refractivity (Wildman–Crippen MR) is 65.2 cm³/mol. The summed E-state index contributed by atoms with van der Waals surface area (Å²) in [5.41, 5.74) is -0.590. The molecule has 102 valence electrons. The third kappa shape index (κ3) is 2.18. The summed E-state index contributed by atoms with van der Waals surface area (Å²) in [4.78, 5) is 24.9. The first-order chi connectivity index (χ1) is 8.20. The molecule has 2 bridgehead atoms. The minimum absolute atomic E-state index is 0.0287. The van der Waals surface area contributed by atoms with Crippen molar-refractivity contribution >= 4 is 12.1 Å². The van der Waals surface area contributed by atoms with Crippen LogP contribution in [-0.4, -0.2) is 39.8 Å². The van der Waals surface area contributed by atoms with Crippen LogP contribution in [-0.2, 0) is 9.53 Å². The molecule has 1 amide bonds. The Morgan fingerprint density at radius 1 is 1.28 bits per heavy atom. The summed E-state index contributed by atoms with van der Waals surface area (Å²) in [6.45, 7) is 7.43. The number of hydrogen-bond acceptors (Lipinski definition) is 3. The first-order valence-corrected chi connectivity index (χ1v) is 6.45. The molecule has 5 nitrogen and oxygen atoms in total. The Morgan fingerprint density at radius 2 is 1.89 bits per heavy atom. The Kier molecular flexibility index (Phi) is 3.03. The molecule has 1 N–H and O–H groups in total. The number of ether oxygens (including phenoxy) is 1. The van der Waals surface area contributed by atoms with Crippen molar-refractivity contribution in [1.82, 2.24) is 4.90 Å². The molecule has 5 heteroatoms. The lowest BCUT2D eigenvalue weighted by molar-refractivity contribution is -0.145. The van der Waals surface area contributed by atoms with Gasteiger partial charge in [0.25, 0.3) is 0 Å².